The van der Waals surface area contributed by atoms with Crippen LogP contribution in [0.25, 0.3) is 0 Å². The SMILES string of the molecule is O=C(O)C[P](=O)c1ccccc1. The molecule has 63 valence electrons. The molecule has 1 rings (SSSR count). The largest absolute Gasteiger partial charge is 0.481 e. The molecule has 1 radical (unpaired) electrons. The third kappa shape index (κ3) is 2.44. The molecule has 0 saturated heterocycles. The monoisotopic (exact) mass is 183 g/mol. The molecule has 1 N–H and O–H groups in total. The van der Waals surface area contributed by atoms with Gasteiger partial charge in [-0.1, -0.05) is 18.2 Å². The van der Waals surface area contributed by atoms with Crippen LogP contribution in [0.2, 0.25) is 0 Å². The quantitative estimate of drug-likeness (QED) is 0.717. The van der Waals surface area contributed by atoms with Crippen molar-refractivity contribution in [2.24, 2.45) is 0 Å². The molecule has 0 aliphatic heterocycles. The second kappa shape index (κ2) is 3.98. The maximum Gasteiger partial charge on any atom is 0.314 e. The van der Waals surface area contributed by atoms with E-state index in [-0.39, 0.29) is 6.16 Å². The van der Waals surface area contributed by atoms with Crippen molar-refractivity contribution in [2.45, 2.75) is 0 Å². The summed E-state index contributed by atoms with van der Waals surface area (Å²) >= 11 is 0. The molecule has 0 aromatic heterocycles. The molecule has 1 atom stereocenters. The zero-order chi connectivity index (χ0) is 8.97. The van der Waals surface area contributed by atoms with Crippen LogP contribution >= 0.6 is 7.80 Å². The average molecular weight is 183 g/mol. The van der Waals surface area contributed by atoms with E-state index in [0.717, 1.165) is 0 Å². The zero-order valence-corrected chi connectivity index (χ0v) is 7.20. The molecule has 0 saturated carbocycles. The van der Waals surface area contributed by atoms with E-state index in [1.807, 2.05) is 0 Å². The van der Waals surface area contributed by atoms with Gasteiger partial charge in [-0.25, -0.2) is 0 Å². The summed E-state index contributed by atoms with van der Waals surface area (Å²) in [6.45, 7) is 0. The fourth-order valence-corrected chi connectivity index (χ4v) is 1.74. The van der Waals surface area contributed by atoms with Gasteiger partial charge in [-0.2, -0.15) is 0 Å². The predicted molar refractivity (Wildman–Crippen MR) is 46.2 cm³/mol. The molecular weight excluding hydrogens is 175 g/mol. The zero-order valence-electron chi connectivity index (χ0n) is 6.30. The van der Waals surface area contributed by atoms with Gasteiger partial charge >= 0.3 is 5.97 Å². The Morgan fingerprint density at radius 1 is 1.33 bits per heavy atom. The first-order chi connectivity index (χ1) is 5.70. The fourth-order valence-electron chi connectivity index (χ4n) is 0.808. The number of carboxylic acids is 1. The van der Waals surface area contributed by atoms with Crippen LogP contribution in [0.4, 0.5) is 0 Å². The van der Waals surface area contributed by atoms with E-state index in [9.17, 15) is 9.36 Å². The summed E-state index contributed by atoms with van der Waals surface area (Å²) in [7, 11) is -1.76. The minimum atomic E-state index is -1.76. The van der Waals surface area contributed by atoms with Crippen LogP contribution in [-0.2, 0) is 9.36 Å². The molecule has 0 heterocycles. The lowest BCUT2D eigenvalue weighted by Gasteiger charge is -1.95. The summed E-state index contributed by atoms with van der Waals surface area (Å²) in [5.74, 6) is -1.03. The molecule has 1 unspecified atom stereocenters. The summed E-state index contributed by atoms with van der Waals surface area (Å²) in [5.41, 5.74) is 0. The molecule has 1 aromatic rings. The number of rotatable bonds is 3. The van der Waals surface area contributed by atoms with E-state index in [1.54, 1.807) is 30.3 Å². The first-order valence-corrected chi connectivity index (χ1v) is 4.86. The molecule has 0 bridgehead atoms. The van der Waals surface area contributed by atoms with E-state index >= 15 is 0 Å². The fraction of sp³-hybridized carbons (Fsp3) is 0.125. The van der Waals surface area contributed by atoms with Gasteiger partial charge in [0.05, 0.1) is 0 Å². The molecule has 4 heteroatoms. The Bertz CT molecular complexity index is 294. The van der Waals surface area contributed by atoms with Gasteiger partial charge < -0.3 is 5.11 Å². The standard InChI is InChI=1S/C8H8O3P/c9-8(10)6-12(11)7-4-2-1-3-5-7/h1-5H,6H2,(H,9,10). The Hall–Kier alpha value is -1.21. The third-order valence-corrected chi connectivity index (χ3v) is 2.75. The number of carboxylic acid groups (broad SMARTS) is 1. The topological polar surface area (TPSA) is 54.4 Å². The van der Waals surface area contributed by atoms with Gasteiger partial charge in [0.25, 0.3) is 0 Å². The third-order valence-electron chi connectivity index (χ3n) is 1.32. The van der Waals surface area contributed by atoms with Crippen molar-refractivity contribution in [3.05, 3.63) is 30.3 Å². The van der Waals surface area contributed by atoms with Crippen molar-refractivity contribution < 1.29 is 14.5 Å². The van der Waals surface area contributed by atoms with Crippen LogP contribution in [0.5, 0.6) is 0 Å². The lowest BCUT2D eigenvalue weighted by atomic mass is 10.4. The van der Waals surface area contributed by atoms with E-state index < -0.39 is 13.8 Å². The highest BCUT2D eigenvalue weighted by Gasteiger charge is 2.07. The lowest BCUT2D eigenvalue weighted by molar-refractivity contribution is -0.134. The lowest BCUT2D eigenvalue weighted by Crippen LogP contribution is -2.04. The molecule has 0 aliphatic carbocycles. The maximum atomic E-state index is 11.2. The number of aliphatic carboxylic acids is 1. The molecule has 12 heavy (non-hydrogen) atoms. The van der Waals surface area contributed by atoms with E-state index in [2.05, 4.69) is 0 Å². The van der Waals surface area contributed by atoms with Gasteiger partial charge in [-0.15, -0.1) is 0 Å². The summed E-state index contributed by atoms with van der Waals surface area (Å²) in [6, 6.07) is 8.62. The molecule has 0 fully saturated rings. The summed E-state index contributed by atoms with van der Waals surface area (Å²) in [4.78, 5) is 10.2. The smallest absolute Gasteiger partial charge is 0.314 e. The highest BCUT2D eigenvalue weighted by molar-refractivity contribution is 7.54. The Balaban J connectivity index is 2.73. The molecule has 1 aromatic carbocycles. The number of hydrogen-bond donors (Lipinski definition) is 1. The first-order valence-electron chi connectivity index (χ1n) is 3.41. The van der Waals surface area contributed by atoms with Gasteiger partial charge in [0.15, 0.2) is 0 Å². The number of hydrogen-bond acceptors (Lipinski definition) is 2. The maximum absolute atomic E-state index is 11.2. The Kier molecular flexibility index (Phi) is 2.94. The minimum absolute atomic E-state index is 0.292. The second-order valence-electron chi connectivity index (χ2n) is 2.27. The van der Waals surface area contributed by atoms with Crippen LogP contribution in [0.1, 0.15) is 0 Å². The normalized spacial score (nSPS) is 10.8. The Morgan fingerprint density at radius 3 is 2.42 bits per heavy atom. The Labute approximate surface area is 70.8 Å². The average Bonchev–Trinajstić information content (AvgIpc) is 2.05. The summed E-state index contributed by atoms with van der Waals surface area (Å²) in [5, 5.41) is 8.95. The van der Waals surface area contributed by atoms with Crippen molar-refractivity contribution in [2.75, 3.05) is 6.16 Å². The van der Waals surface area contributed by atoms with Crippen molar-refractivity contribution >= 4 is 19.1 Å². The second-order valence-corrected chi connectivity index (χ2v) is 3.86. The molecular formula is C8H8O3P. The van der Waals surface area contributed by atoms with Crippen molar-refractivity contribution in [3.8, 4) is 0 Å². The van der Waals surface area contributed by atoms with Crippen LogP contribution in [0.3, 0.4) is 0 Å². The molecule has 0 amide bonds. The highest BCUT2D eigenvalue weighted by atomic mass is 31.1. The Morgan fingerprint density at radius 2 is 1.92 bits per heavy atom. The van der Waals surface area contributed by atoms with Crippen LogP contribution in [0.15, 0.2) is 30.3 Å². The van der Waals surface area contributed by atoms with E-state index in [4.69, 9.17) is 5.11 Å². The molecule has 0 aliphatic rings. The van der Waals surface area contributed by atoms with Gasteiger partial charge in [0.2, 0.25) is 0 Å². The number of benzene rings is 1. The van der Waals surface area contributed by atoms with Gasteiger partial charge in [0.1, 0.15) is 14.0 Å². The molecule has 0 spiro atoms. The predicted octanol–water partition coefficient (Wildman–Crippen LogP) is 1.22. The van der Waals surface area contributed by atoms with Gasteiger partial charge in [-0.3, -0.25) is 9.36 Å². The van der Waals surface area contributed by atoms with Crippen molar-refractivity contribution in [1.82, 2.24) is 0 Å². The molecule has 3 nitrogen and oxygen atoms in total. The van der Waals surface area contributed by atoms with Crippen molar-refractivity contribution in [3.63, 3.8) is 0 Å². The summed E-state index contributed by atoms with van der Waals surface area (Å²) in [6.07, 6.45) is -0.292. The van der Waals surface area contributed by atoms with Gasteiger partial charge in [-0.05, 0) is 12.1 Å². The van der Waals surface area contributed by atoms with E-state index in [1.165, 1.54) is 0 Å². The number of carbonyl (C=O) groups is 1. The van der Waals surface area contributed by atoms with Crippen LogP contribution in [0, 0.1) is 0 Å². The minimum Gasteiger partial charge on any atom is -0.481 e. The highest BCUT2D eigenvalue weighted by Crippen LogP contribution is 2.18. The van der Waals surface area contributed by atoms with Crippen LogP contribution < -0.4 is 5.30 Å². The van der Waals surface area contributed by atoms with Crippen LogP contribution in [-0.4, -0.2) is 17.2 Å². The first kappa shape index (κ1) is 8.88. The van der Waals surface area contributed by atoms with Gasteiger partial charge in [0, 0.05) is 5.30 Å². The van der Waals surface area contributed by atoms with Crippen molar-refractivity contribution in [1.29, 1.82) is 0 Å². The van der Waals surface area contributed by atoms with E-state index in [0.29, 0.717) is 5.30 Å². The summed E-state index contributed by atoms with van der Waals surface area (Å²) < 4.78 is 11.2.